The van der Waals surface area contributed by atoms with E-state index in [2.05, 4.69) is 0 Å². The van der Waals surface area contributed by atoms with Gasteiger partial charge < -0.3 is 24.1 Å². The number of hydrogen-bond acceptors (Lipinski definition) is 5. The van der Waals surface area contributed by atoms with Gasteiger partial charge in [-0.15, -0.1) is 0 Å². The highest BCUT2D eigenvalue weighted by atomic mass is 16.6. The smallest absolute Gasteiger partial charge is 0.104 e. The van der Waals surface area contributed by atoms with Crippen molar-refractivity contribution in [1.82, 2.24) is 0 Å². The van der Waals surface area contributed by atoms with Gasteiger partial charge in [0.05, 0.1) is 51.3 Å². The Morgan fingerprint density at radius 2 is 1.59 bits per heavy atom. The van der Waals surface area contributed by atoms with E-state index in [9.17, 15) is 0 Å². The van der Waals surface area contributed by atoms with E-state index < -0.39 is 0 Å². The molecule has 0 spiro atoms. The zero-order chi connectivity index (χ0) is 12.7. The fraction of sp³-hybridized carbons (Fsp3) is 1.00. The summed E-state index contributed by atoms with van der Waals surface area (Å²) in [6, 6.07) is 0. The third-order valence-electron chi connectivity index (χ3n) is 2.46. The third-order valence-corrected chi connectivity index (χ3v) is 2.46. The van der Waals surface area contributed by atoms with Gasteiger partial charge in [-0.2, -0.15) is 0 Å². The first kappa shape index (κ1) is 14.9. The van der Waals surface area contributed by atoms with Gasteiger partial charge in [-0.3, -0.25) is 0 Å². The average Bonchev–Trinajstić information content (AvgIpc) is 3.14. The number of ether oxygens (including phenoxy) is 4. The Labute approximate surface area is 103 Å². The molecule has 0 saturated carbocycles. The second-order valence-electron chi connectivity index (χ2n) is 4.57. The van der Waals surface area contributed by atoms with Gasteiger partial charge in [0.15, 0.2) is 0 Å². The zero-order valence-corrected chi connectivity index (χ0v) is 10.9. The van der Waals surface area contributed by atoms with Crippen molar-refractivity contribution in [1.29, 1.82) is 0 Å². The Kier molecular flexibility index (Phi) is 6.99. The molecule has 1 heterocycles. The van der Waals surface area contributed by atoms with Gasteiger partial charge in [-0.05, 0) is 20.8 Å². The maximum absolute atomic E-state index is 8.80. The molecule has 1 fully saturated rings. The molecule has 0 bridgehead atoms. The molecule has 0 aromatic rings. The Morgan fingerprint density at radius 3 is 2.12 bits per heavy atom. The van der Waals surface area contributed by atoms with E-state index in [1.165, 1.54) is 0 Å². The standard InChI is InChI=1S/C12H24O5/c1-9(4-13)14-5-10(2)15-6-11(3)16-7-12-8-17-12/h9-13H,4-8H2,1-3H3. The fourth-order valence-electron chi connectivity index (χ4n) is 1.18. The Balaban J connectivity index is 1.95. The fourth-order valence-corrected chi connectivity index (χ4v) is 1.18. The van der Waals surface area contributed by atoms with Crippen LogP contribution in [0.5, 0.6) is 0 Å². The molecular formula is C12H24O5. The summed E-state index contributed by atoms with van der Waals surface area (Å²) in [5.41, 5.74) is 0. The monoisotopic (exact) mass is 248 g/mol. The summed E-state index contributed by atoms with van der Waals surface area (Å²) < 4.78 is 21.5. The summed E-state index contributed by atoms with van der Waals surface area (Å²) >= 11 is 0. The highest BCUT2D eigenvalue weighted by Crippen LogP contribution is 2.10. The van der Waals surface area contributed by atoms with Crippen LogP contribution in [0.2, 0.25) is 0 Å². The van der Waals surface area contributed by atoms with Crippen LogP contribution in [-0.4, -0.2) is 62.6 Å². The highest BCUT2D eigenvalue weighted by molar-refractivity contribution is 4.68. The van der Waals surface area contributed by atoms with Gasteiger partial charge >= 0.3 is 0 Å². The molecule has 4 atom stereocenters. The van der Waals surface area contributed by atoms with Crippen LogP contribution >= 0.6 is 0 Å². The summed E-state index contributed by atoms with van der Waals surface area (Å²) in [6.07, 6.45) is 0.231. The van der Waals surface area contributed by atoms with Crippen LogP contribution in [0, 0.1) is 0 Å². The summed E-state index contributed by atoms with van der Waals surface area (Å²) in [6.45, 7) is 8.29. The Hall–Kier alpha value is -0.200. The van der Waals surface area contributed by atoms with E-state index in [1.54, 1.807) is 0 Å². The summed E-state index contributed by atoms with van der Waals surface area (Å²) in [5.74, 6) is 0. The maximum Gasteiger partial charge on any atom is 0.104 e. The van der Waals surface area contributed by atoms with Gasteiger partial charge in [0.25, 0.3) is 0 Å². The van der Waals surface area contributed by atoms with Crippen molar-refractivity contribution in [3.8, 4) is 0 Å². The van der Waals surface area contributed by atoms with Gasteiger partial charge in [0.2, 0.25) is 0 Å². The van der Waals surface area contributed by atoms with E-state index in [-0.39, 0.29) is 24.9 Å². The summed E-state index contributed by atoms with van der Waals surface area (Å²) in [5, 5.41) is 8.80. The normalized spacial score (nSPS) is 24.4. The molecule has 1 rings (SSSR count). The van der Waals surface area contributed by atoms with Crippen molar-refractivity contribution >= 4 is 0 Å². The second kappa shape index (κ2) is 8.00. The lowest BCUT2D eigenvalue weighted by molar-refractivity contribution is -0.0755. The Morgan fingerprint density at radius 1 is 1.06 bits per heavy atom. The van der Waals surface area contributed by atoms with Gasteiger partial charge in [0.1, 0.15) is 6.10 Å². The van der Waals surface area contributed by atoms with Crippen LogP contribution < -0.4 is 0 Å². The second-order valence-corrected chi connectivity index (χ2v) is 4.57. The topological polar surface area (TPSA) is 60.5 Å². The first-order chi connectivity index (χ1) is 8.11. The lowest BCUT2D eigenvalue weighted by Crippen LogP contribution is -2.26. The van der Waals surface area contributed by atoms with E-state index in [0.717, 1.165) is 6.61 Å². The van der Waals surface area contributed by atoms with E-state index >= 15 is 0 Å². The molecule has 1 N–H and O–H groups in total. The van der Waals surface area contributed by atoms with Crippen LogP contribution in [0.1, 0.15) is 20.8 Å². The molecule has 1 saturated heterocycles. The minimum absolute atomic E-state index is 0.00669. The SMILES string of the molecule is CC(CO)OCC(C)OCC(C)OCC1CO1. The molecule has 0 aromatic carbocycles. The number of aliphatic hydroxyl groups is 1. The molecule has 0 aromatic heterocycles. The predicted molar refractivity (Wildman–Crippen MR) is 63.1 cm³/mol. The largest absolute Gasteiger partial charge is 0.394 e. The van der Waals surface area contributed by atoms with Crippen molar-refractivity contribution in [3.05, 3.63) is 0 Å². The third kappa shape index (κ3) is 7.68. The van der Waals surface area contributed by atoms with E-state index in [4.69, 9.17) is 24.1 Å². The lowest BCUT2D eigenvalue weighted by atomic mass is 10.4. The molecule has 5 nitrogen and oxygen atoms in total. The van der Waals surface area contributed by atoms with Gasteiger partial charge in [-0.1, -0.05) is 0 Å². The molecular weight excluding hydrogens is 224 g/mol. The first-order valence-corrected chi connectivity index (χ1v) is 6.19. The number of epoxide rings is 1. The van der Waals surface area contributed by atoms with Crippen molar-refractivity contribution in [2.24, 2.45) is 0 Å². The number of aliphatic hydroxyl groups excluding tert-OH is 1. The van der Waals surface area contributed by atoms with Crippen LogP contribution in [-0.2, 0) is 18.9 Å². The molecule has 17 heavy (non-hydrogen) atoms. The van der Waals surface area contributed by atoms with Crippen LogP contribution in [0.3, 0.4) is 0 Å². The minimum atomic E-state index is -0.137. The van der Waals surface area contributed by atoms with Crippen molar-refractivity contribution in [2.75, 3.05) is 33.0 Å². The zero-order valence-electron chi connectivity index (χ0n) is 10.9. The molecule has 4 unspecified atom stereocenters. The van der Waals surface area contributed by atoms with Crippen LogP contribution in [0.25, 0.3) is 0 Å². The van der Waals surface area contributed by atoms with E-state index in [1.807, 2.05) is 20.8 Å². The molecule has 102 valence electrons. The van der Waals surface area contributed by atoms with Crippen molar-refractivity contribution < 1.29 is 24.1 Å². The first-order valence-electron chi connectivity index (χ1n) is 6.19. The van der Waals surface area contributed by atoms with Crippen molar-refractivity contribution in [3.63, 3.8) is 0 Å². The maximum atomic E-state index is 8.80. The molecule has 1 aliphatic rings. The molecule has 0 amide bonds. The molecule has 5 heteroatoms. The van der Waals surface area contributed by atoms with Crippen molar-refractivity contribution in [2.45, 2.75) is 45.2 Å². The van der Waals surface area contributed by atoms with Crippen LogP contribution in [0.4, 0.5) is 0 Å². The lowest BCUT2D eigenvalue weighted by Gasteiger charge is -2.19. The molecule has 0 radical (unpaired) electrons. The van der Waals surface area contributed by atoms with Gasteiger partial charge in [0, 0.05) is 0 Å². The number of hydrogen-bond donors (Lipinski definition) is 1. The molecule has 0 aliphatic carbocycles. The Bertz CT molecular complexity index is 195. The minimum Gasteiger partial charge on any atom is -0.394 e. The van der Waals surface area contributed by atoms with E-state index in [0.29, 0.717) is 25.9 Å². The summed E-state index contributed by atoms with van der Waals surface area (Å²) in [4.78, 5) is 0. The summed E-state index contributed by atoms with van der Waals surface area (Å²) in [7, 11) is 0. The average molecular weight is 248 g/mol. The number of rotatable bonds is 10. The van der Waals surface area contributed by atoms with Gasteiger partial charge in [-0.25, -0.2) is 0 Å². The highest BCUT2D eigenvalue weighted by Gasteiger charge is 2.23. The molecule has 1 aliphatic heterocycles. The quantitative estimate of drug-likeness (QED) is 0.573. The predicted octanol–water partition coefficient (Wildman–Crippen LogP) is 0.593. The van der Waals surface area contributed by atoms with Crippen LogP contribution in [0.15, 0.2) is 0 Å².